The summed E-state index contributed by atoms with van der Waals surface area (Å²) in [4.78, 5) is 3.12. The highest BCUT2D eigenvalue weighted by atomic mass is 35.5. The number of imidazole rings is 1. The average Bonchev–Trinajstić information content (AvgIpc) is 2.97. The van der Waals surface area contributed by atoms with E-state index in [9.17, 15) is 0 Å². The highest BCUT2D eigenvalue weighted by Gasteiger charge is 2.11. The minimum absolute atomic E-state index is 0.499. The fraction of sp³-hybridized carbons (Fsp3) is 0.250. The molecule has 0 aliphatic heterocycles. The molecule has 0 aliphatic rings. The molecule has 0 spiro atoms. The number of aryl methyl sites for hydroxylation is 1. The fourth-order valence-corrected chi connectivity index (χ4v) is 2.71. The Morgan fingerprint density at radius 2 is 2.05 bits per heavy atom. The molecule has 0 amide bonds. The van der Waals surface area contributed by atoms with Crippen LogP contribution in [0, 0.1) is 4.77 Å². The van der Waals surface area contributed by atoms with Crippen LogP contribution in [0.3, 0.4) is 0 Å². The van der Waals surface area contributed by atoms with Gasteiger partial charge in [0.2, 0.25) is 0 Å². The van der Waals surface area contributed by atoms with Crippen LogP contribution in [-0.2, 0) is 13.1 Å². The van der Waals surface area contributed by atoms with E-state index in [1.165, 1.54) is 0 Å². The van der Waals surface area contributed by atoms with Crippen LogP contribution in [0.25, 0.3) is 11.0 Å². The number of aromatic amines is 1. The van der Waals surface area contributed by atoms with Crippen LogP contribution in [0.15, 0.2) is 18.5 Å². The van der Waals surface area contributed by atoms with Crippen molar-refractivity contribution in [3.8, 4) is 0 Å². The number of nitrogens with one attached hydrogen (secondary N) is 1. The maximum absolute atomic E-state index is 6.08. The number of rotatable bonds is 3. The molecule has 104 valence electrons. The second kappa shape index (κ2) is 5.20. The van der Waals surface area contributed by atoms with Crippen molar-refractivity contribution in [1.29, 1.82) is 0 Å². The molecule has 3 aromatic rings. The van der Waals surface area contributed by atoms with E-state index in [2.05, 4.69) is 15.2 Å². The van der Waals surface area contributed by atoms with E-state index in [-0.39, 0.29) is 0 Å². The summed E-state index contributed by atoms with van der Waals surface area (Å²) in [5, 5.41) is 9.04. The van der Waals surface area contributed by atoms with Crippen molar-refractivity contribution in [2.24, 2.45) is 0 Å². The van der Waals surface area contributed by atoms with Gasteiger partial charge >= 0.3 is 0 Å². The molecule has 1 aromatic carbocycles. The molecule has 3 rings (SSSR count). The Balaban J connectivity index is 2.14. The van der Waals surface area contributed by atoms with Crippen molar-refractivity contribution in [3.05, 3.63) is 39.1 Å². The zero-order chi connectivity index (χ0) is 14.3. The minimum Gasteiger partial charge on any atom is -0.331 e. The number of fused-ring (bicyclic) bond motifs is 1. The summed E-state index contributed by atoms with van der Waals surface area (Å²) in [6, 6.07) is 3.58. The van der Waals surface area contributed by atoms with E-state index in [1.54, 1.807) is 18.5 Å². The zero-order valence-corrected chi connectivity index (χ0v) is 12.9. The van der Waals surface area contributed by atoms with Crippen LogP contribution >= 0.6 is 35.4 Å². The smallest absolute Gasteiger partial charge is 0.178 e. The Hall–Kier alpha value is -1.37. The molecule has 0 aliphatic carbocycles. The van der Waals surface area contributed by atoms with Gasteiger partial charge < -0.3 is 14.1 Å². The average molecular weight is 328 g/mol. The monoisotopic (exact) mass is 327 g/mol. The van der Waals surface area contributed by atoms with Gasteiger partial charge in [-0.05, 0) is 31.3 Å². The van der Waals surface area contributed by atoms with Gasteiger partial charge in [0.15, 0.2) is 10.6 Å². The fourth-order valence-electron chi connectivity index (χ4n) is 2.12. The summed E-state index contributed by atoms with van der Waals surface area (Å²) in [7, 11) is 0. The van der Waals surface area contributed by atoms with Gasteiger partial charge in [0, 0.05) is 6.54 Å². The molecule has 2 aromatic heterocycles. The van der Waals surface area contributed by atoms with Gasteiger partial charge in [0.25, 0.3) is 0 Å². The first-order valence-electron chi connectivity index (χ1n) is 6.04. The molecule has 5 nitrogen and oxygen atoms in total. The lowest BCUT2D eigenvalue weighted by atomic mass is 10.3. The van der Waals surface area contributed by atoms with E-state index < -0.39 is 0 Å². The highest BCUT2D eigenvalue weighted by Crippen LogP contribution is 2.27. The Morgan fingerprint density at radius 1 is 1.30 bits per heavy atom. The van der Waals surface area contributed by atoms with Crippen molar-refractivity contribution in [2.75, 3.05) is 0 Å². The third-order valence-electron chi connectivity index (χ3n) is 3.15. The molecular weight excluding hydrogens is 317 g/mol. The van der Waals surface area contributed by atoms with Gasteiger partial charge in [-0.25, -0.2) is 0 Å². The SMILES string of the molecule is CCn1cnnc1Cn1c(=S)[nH]c2cc(Cl)c(Cl)cc21. The summed E-state index contributed by atoms with van der Waals surface area (Å²) in [5.41, 5.74) is 1.75. The predicted octanol–water partition coefficient (Wildman–Crippen LogP) is 3.67. The predicted molar refractivity (Wildman–Crippen MR) is 81.9 cm³/mol. The van der Waals surface area contributed by atoms with Gasteiger partial charge in [0.1, 0.15) is 6.33 Å². The van der Waals surface area contributed by atoms with Gasteiger partial charge in [-0.2, -0.15) is 0 Å². The molecule has 0 atom stereocenters. The first-order chi connectivity index (χ1) is 9.60. The third-order valence-corrected chi connectivity index (χ3v) is 4.20. The zero-order valence-electron chi connectivity index (χ0n) is 10.6. The van der Waals surface area contributed by atoms with Crippen molar-refractivity contribution < 1.29 is 0 Å². The third kappa shape index (κ3) is 2.24. The van der Waals surface area contributed by atoms with Crippen molar-refractivity contribution in [1.82, 2.24) is 24.3 Å². The molecule has 0 saturated heterocycles. The van der Waals surface area contributed by atoms with E-state index in [0.29, 0.717) is 21.4 Å². The van der Waals surface area contributed by atoms with Crippen LogP contribution in [0.1, 0.15) is 12.7 Å². The summed E-state index contributed by atoms with van der Waals surface area (Å²) in [6.07, 6.45) is 1.71. The number of H-pyrrole nitrogens is 1. The Kier molecular flexibility index (Phi) is 3.54. The second-order valence-electron chi connectivity index (χ2n) is 4.33. The van der Waals surface area contributed by atoms with Crippen molar-refractivity contribution in [3.63, 3.8) is 0 Å². The number of hydrogen-bond donors (Lipinski definition) is 1. The van der Waals surface area contributed by atoms with Crippen LogP contribution in [0.5, 0.6) is 0 Å². The number of halogens is 2. The Morgan fingerprint density at radius 3 is 2.80 bits per heavy atom. The van der Waals surface area contributed by atoms with Crippen molar-refractivity contribution in [2.45, 2.75) is 20.0 Å². The lowest BCUT2D eigenvalue weighted by Crippen LogP contribution is -2.07. The van der Waals surface area contributed by atoms with Gasteiger partial charge in [-0.15, -0.1) is 10.2 Å². The highest BCUT2D eigenvalue weighted by molar-refractivity contribution is 7.71. The first kappa shape index (κ1) is 13.6. The van der Waals surface area contributed by atoms with Crippen LogP contribution in [0.2, 0.25) is 10.0 Å². The van der Waals surface area contributed by atoms with Crippen LogP contribution < -0.4 is 0 Å². The molecule has 0 saturated carbocycles. The summed E-state index contributed by atoms with van der Waals surface area (Å²) < 4.78 is 4.50. The largest absolute Gasteiger partial charge is 0.331 e. The molecule has 0 radical (unpaired) electrons. The summed E-state index contributed by atoms with van der Waals surface area (Å²) in [5.74, 6) is 0.843. The van der Waals surface area contributed by atoms with Crippen molar-refractivity contribution >= 4 is 46.5 Å². The summed E-state index contributed by atoms with van der Waals surface area (Å²) in [6.45, 7) is 3.38. The van der Waals surface area contributed by atoms with E-state index in [4.69, 9.17) is 35.4 Å². The molecule has 8 heteroatoms. The summed E-state index contributed by atoms with van der Waals surface area (Å²) >= 11 is 17.5. The number of hydrogen-bond acceptors (Lipinski definition) is 3. The van der Waals surface area contributed by atoms with Crippen LogP contribution in [0.4, 0.5) is 0 Å². The lowest BCUT2D eigenvalue weighted by Gasteiger charge is -2.06. The first-order valence-corrected chi connectivity index (χ1v) is 7.20. The minimum atomic E-state index is 0.499. The number of aromatic nitrogens is 5. The normalized spacial score (nSPS) is 11.3. The van der Waals surface area contributed by atoms with E-state index >= 15 is 0 Å². The van der Waals surface area contributed by atoms with Crippen LogP contribution in [-0.4, -0.2) is 24.3 Å². The van der Waals surface area contributed by atoms with E-state index in [0.717, 1.165) is 23.4 Å². The molecule has 2 heterocycles. The maximum atomic E-state index is 6.08. The van der Waals surface area contributed by atoms with Gasteiger partial charge in [-0.1, -0.05) is 23.2 Å². The number of nitrogens with zero attached hydrogens (tertiary/aromatic N) is 4. The molecule has 0 bridgehead atoms. The molecule has 0 unspecified atom stereocenters. The second-order valence-corrected chi connectivity index (χ2v) is 5.53. The lowest BCUT2D eigenvalue weighted by molar-refractivity contribution is 0.655. The molecule has 1 N–H and O–H groups in total. The Bertz CT molecular complexity index is 832. The van der Waals surface area contributed by atoms with E-state index in [1.807, 2.05) is 16.1 Å². The maximum Gasteiger partial charge on any atom is 0.178 e. The molecule has 0 fully saturated rings. The topological polar surface area (TPSA) is 51.4 Å². The number of benzene rings is 1. The standard InChI is InChI=1S/C12H11Cl2N5S/c1-2-18-6-15-17-11(18)5-19-10-4-8(14)7(13)3-9(10)16-12(19)20/h3-4,6H,2,5H2,1H3,(H,16,20). The van der Waals surface area contributed by atoms with Gasteiger partial charge in [-0.3, -0.25) is 0 Å². The Labute approximate surface area is 130 Å². The quantitative estimate of drug-likeness (QED) is 0.747. The van der Waals surface area contributed by atoms with Gasteiger partial charge in [0.05, 0.1) is 27.6 Å². The molecular formula is C12H11Cl2N5S. The molecule has 20 heavy (non-hydrogen) atoms.